The Morgan fingerprint density at radius 3 is 2.79 bits per heavy atom. The molecule has 2 rings (SSSR count). The van der Waals surface area contributed by atoms with Gasteiger partial charge in [0, 0.05) is 29.4 Å². The van der Waals surface area contributed by atoms with Crippen LogP contribution < -0.4 is 4.90 Å². The van der Waals surface area contributed by atoms with Gasteiger partial charge in [-0.05, 0) is 24.5 Å². The molecule has 0 spiro atoms. The van der Waals surface area contributed by atoms with E-state index in [1.807, 2.05) is 0 Å². The van der Waals surface area contributed by atoms with Gasteiger partial charge >= 0.3 is 0 Å². The molecule has 19 heavy (non-hydrogen) atoms. The van der Waals surface area contributed by atoms with Gasteiger partial charge in [0.05, 0.1) is 4.92 Å². The maximum Gasteiger partial charge on any atom is 0.294 e. The molecule has 1 amide bonds. The largest absolute Gasteiger partial charge is 0.306 e. The molecular weight excluding hydrogens is 336 g/mol. The Kier molecular flexibility index (Phi) is 4.10. The zero-order chi connectivity index (χ0) is 14.2. The van der Waals surface area contributed by atoms with Crippen molar-refractivity contribution in [2.45, 2.75) is 13.3 Å². The summed E-state index contributed by atoms with van der Waals surface area (Å²) in [4.78, 5) is 24.2. The number of nitrogens with zero attached hydrogens (tertiary/aromatic N) is 2. The molecule has 1 aliphatic rings. The monoisotopic (exact) mass is 346 g/mol. The number of halogens is 2. The number of amides is 1. The molecule has 0 radical (unpaired) electrons. The Labute approximate surface area is 123 Å². The Morgan fingerprint density at radius 2 is 2.26 bits per heavy atom. The molecule has 1 saturated heterocycles. The number of carbonyl (C=O) groups is 1. The molecule has 0 bridgehead atoms. The summed E-state index contributed by atoms with van der Waals surface area (Å²) < 4.78 is 0.626. The summed E-state index contributed by atoms with van der Waals surface area (Å²) >= 11 is 9.01. The van der Waals surface area contributed by atoms with Crippen LogP contribution in [0.5, 0.6) is 0 Å². The highest BCUT2D eigenvalue weighted by molar-refractivity contribution is 9.10. The second-order valence-electron chi connectivity index (χ2n) is 4.58. The van der Waals surface area contributed by atoms with E-state index >= 15 is 0 Å². The zero-order valence-electron chi connectivity index (χ0n) is 10.2. The number of hydrogen-bond acceptors (Lipinski definition) is 3. The summed E-state index contributed by atoms with van der Waals surface area (Å²) in [5, 5.41) is 11.2. The average Bonchev–Trinajstić information content (AvgIpc) is 2.69. The lowest BCUT2D eigenvalue weighted by Crippen LogP contribution is -2.26. The van der Waals surface area contributed by atoms with E-state index < -0.39 is 4.92 Å². The predicted molar refractivity (Wildman–Crippen MR) is 76.7 cm³/mol. The number of rotatable bonds is 3. The standard InChI is InChI=1S/C12H12BrClN2O3/c1-7-2-9(13)4-10(16(18)19)12(7)15-6-8(5-14)3-11(15)17/h2,4,8H,3,5-6H2,1H3. The molecular formula is C12H12BrClN2O3. The maximum absolute atomic E-state index is 12.0. The molecule has 7 heteroatoms. The SMILES string of the molecule is Cc1cc(Br)cc([N+](=O)[O-])c1N1CC(CCl)CC1=O. The van der Waals surface area contributed by atoms with Gasteiger partial charge in [0.1, 0.15) is 5.69 Å². The van der Waals surface area contributed by atoms with Gasteiger partial charge in [-0.1, -0.05) is 15.9 Å². The minimum Gasteiger partial charge on any atom is -0.306 e. The summed E-state index contributed by atoms with van der Waals surface area (Å²) in [5.74, 6) is 0.321. The van der Waals surface area contributed by atoms with Gasteiger partial charge in [-0.15, -0.1) is 11.6 Å². The smallest absolute Gasteiger partial charge is 0.294 e. The van der Waals surface area contributed by atoms with Crippen molar-refractivity contribution in [1.82, 2.24) is 0 Å². The number of nitro benzene ring substituents is 1. The van der Waals surface area contributed by atoms with Crippen LogP contribution in [0.2, 0.25) is 0 Å². The number of aryl methyl sites for hydroxylation is 1. The summed E-state index contributed by atoms with van der Waals surface area (Å²) in [5.41, 5.74) is 1.02. The Balaban J connectivity index is 2.50. The van der Waals surface area contributed by atoms with E-state index in [-0.39, 0.29) is 17.5 Å². The van der Waals surface area contributed by atoms with E-state index in [1.54, 1.807) is 13.0 Å². The van der Waals surface area contributed by atoms with Gasteiger partial charge in [-0.2, -0.15) is 0 Å². The molecule has 0 N–H and O–H groups in total. The second-order valence-corrected chi connectivity index (χ2v) is 5.80. The van der Waals surface area contributed by atoms with Crippen LogP contribution in [0, 0.1) is 23.0 Å². The van der Waals surface area contributed by atoms with Crippen LogP contribution >= 0.6 is 27.5 Å². The Morgan fingerprint density at radius 1 is 1.58 bits per heavy atom. The fourth-order valence-electron chi connectivity index (χ4n) is 2.31. The normalized spacial score (nSPS) is 19.0. The maximum atomic E-state index is 12.0. The van der Waals surface area contributed by atoms with Crippen molar-refractivity contribution in [3.8, 4) is 0 Å². The Hall–Kier alpha value is -1.14. The molecule has 1 aromatic rings. The lowest BCUT2D eigenvalue weighted by Gasteiger charge is -2.19. The van der Waals surface area contributed by atoms with Gasteiger partial charge in [-0.3, -0.25) is 14.9 Å². The topological polar surface area (TPSA) is 63.5 Å². The van der Waals surface area contributed by atoms with Crippen LogP contribution in [0.3, 0.4) is 0 Å². The summed E-state index contributed by atoms with van der Waals surface area (Å²) in [6.07, 6.45) is 0.343. The fourth-order valence-corrected chi connectivity index (χ4v) is 3.08. The number of benzene rings is 1. The lowest BCUT2D eigenvalue weighted by atomic mass is 10.1. The van der Waals surface area contributed by atoms with Crippen LogP contribution in [0.25, 0.3) is 0 Å². The first-order chi connectivity index (χ1) is 8.93. The minimum absolute atomic E-state index is 0.0526. The second kappa shape index (κ2) is 5.46. The van der Waals surface area contributed by atoms with E-state index in [4.69, 9.17) is 11.6 Å². The first-order valence-corrected chi connectivity index (χ1v) is 7.07. The Bertz CT molecular complexity index is 550. The number of anilines is 1. The molecule has 0 aromatic heterocycles. The van der Waals surface area contributed by atoms with Gasteiger partial charge in [-0.25, -0.2) is 0 Å². The fraction of sp³-hybridized carbons (Fsp3) is 0.417. The van der Waals surface area contributed by atoms with E-state index in [0.29, 0.717) is 34.6 Å². The van der Waals surface area contributed by atoms with Gasteiger partial charge in [0.15, 0.2) is 0 Å². The van der Waals surface area contributed by atoms with Crippen molar-refractivity contribution in [2.24, 2.45) is 5.92 Å². The van der Waals surface area contributed by atoms with Crippen molar-refractivity contribution in [2.75, 3.05) is 17.3 Å². The van der Waals surface area contributed by atoms with Gasteiger partial charge in [0.25, 0.3) is 5.69 Å². The number of hydrogen-bond donors (Lipinski definition) is 0. The molecule has 5 nitrogen and oxygen atoms in total. The molecule has 0 saturated carbocycles. The van der Waals surface area contributed by atoms with Crippen molar-refractivity contribution >= 4 is 44.8 Å². The summed E-state index contributed by atoms with van der Waals surface area (Å²) in [6, 6.07) is 3.19. The number of carbonyl (C=O) groups excluding carboxylic acids is 1. The van der Waals surface area contributed by atoms with Crippen LogP contribution in [0.1, 0.15) is 12.0 Å². The third-order valence-corrected chi connectivity index (χ3v) is 4.03. The first-order valence-electron chi connectivity index (χ1n) is 5.75. The van der Waals surface area contributed by atoms with E-state index in [2.05, 4.69) is 15.9 Å². The van der Waals surface area contributed by atoms with Crippen molar-refractivity contribution in [1.29, 1.82) is 0 Å². The predicted octanol–water partition coefficient (Wildman–Crippen LogP) is 3.26. The van der Waals surface area contributed by atoms with Crippen molar-refractivity contribution in [3.63, 3.8) is 0 Å². The number of alkyl halides is 1. The van der Waals surface area contributed by atoms with Crippen LogP contribution in [0.15, 0.2) is 16.6 Å². The van der Waals surface area contributed by atoms with Crippen LogP contribution in [-0.2, 0) is 4.79 Å². The summed E-state index contributed by atoms with van der Waals surface area (Å²) in [6.45, 7) is 2.19. The molecule has 102 valence electrons. The number of nitro groups is 1. The first kappa shape index (κ1) is 14.3. The minimum atomic E-state index is -0.464. The molecule has 1 aliphatic heterocycles. The molecule has 1 unspecified atom stereocenters. The van der Waals surface area contributed by atoms with E-state index in [1.165, 1.54) is 11.0 Å². The molecule has 1 heterocycles. The molecule has 1 aromatic carbocycles. The van der Waals surface area contributed by atoms with Gasteiger partial charge in [0.2, 0.25) is 5.91 Å². The van der Waals surface area contributed by atoms with Crippen LogP contribution in [-0.4, -0.2) is 23.3 Å². The summed E-state index contributed by atoms with van der Waals surface area (Å²) in [7, 11) is 0. The van der Waals surface area contributed by atoms with E-state index in [9.17, 15) is 14.9 Å². The van der Waals surface area contributed by atoms with Crippen molar-refractivity contribution < 1.29 is 9.72 Å². The highest BCUT2D eigenvalue weighted by Gasteiger charge is 2.34. The van der Waals surface area contributed by atoms with Gasteiger partial charge < -0.3 is 4.90 Å². The average molecular weight is 348 g/mol. The van der Waals surface area contributed by atoms with Crippen molar-refractivity contribution in [3.05, 3.63) is 32.3 Å². The highest BCUT2D eigenvalue weighted by atomic mass is 79.9. The quantitative estimate of drug-likeness (QED) is 0.479. The molecule has 1 fully saturated rings. The third kappa shape index (κ3) is 2.74. The zero-order valence-corrected chi connectivity index (χ0v) is 12.6. The molecule has 1 atom stereocenters. The highest BCUT2D eigenvalue weighted by Crippen LogP contribution is 2.38. The van der Waals surface area contributed by atoms with E-state index in [0.717, 1.165) is 0 Å². The third-order valence-electron chi connectivity index (χ3n) is 3.14. The van der Waals surface area contributed by atoms with Crippen LogP contribution in [0.4, 0.5) is 11.4 Å². The molecule has 0 aliphatic carbocycles. The lowest BCUT2D eigenvalue weighted by molar-refractivity contribution is -0.384.